The van der Waals surface area contributed by atoms with Crippen molar-refractivity contribution in [2.45, 2.75) is 111 Å². The first-order valence-corrected chi connectivity index (χ1v) is 15.3. The third-order valence-electron chi connectivity index (χ3n) is 12.1. The summed E-state index contributed by atoms with van der Waals surface area (Å²) in [7, 11) is 4.13. The fraction of sp³-hybridized carbons (Fsp3) is 0.906. The van der Waals surface area contributed by atoms with Crippen molar-refractivity contribution in [1.29, 1.82) is 0 Å². The molecule has 4 nitrogen and oxygen atoms in total. The Morgan fingerprint density at radius 1 is 1.08 bits per heavy atom. The molecule has 2 unspecified atom stereocenters. The Labute approximate surface area is 221 Å². The fourth-order valence-electron chi connectivity index (χ4n) is 9.89. The molecule has 4 aliphatic carbocycles. The van der Waals surface area contributed by atoms with E-state index < -0.39 is 0 Å². The predicted molar refractivity (Wildman–Crippen MR) is 149 cm³/mol. The zero-order chi connectivity index (χ0) is 26.3. The van der Waals surface area contributed by atoms with Crippen LogP contribution in [0, 0.1) is 52.3 Å². The van der Waals surface area contributed by atoms with Crippen LogP contribution in [0.5, 0.6) is 0 Å². The minimum Gasteiger partial charge on any atom is -0.393 e. The quantitative estimate of drug-likeness (QED) is 0.340. The van der Waals surface area contributed by atoms with Crippen LogP contribution in [0.25, 0.3) is 0 Å². The smallest absolute Gasteiger partial charge is 0.220 e. The van der Waals surface area contributed by atoms with Crippen molar-refractivity contribution < 1.29 is 9.90 Å². The van der Waals surface area contributed by atoms with Crippen LogP contribution in [0.3, 0.4) is 0 Å². The second-order valence-corrected chi connectivity index (χ2v) is 14.4. The van der Waals surface area contributed by atoms with Crippen LogP contribution in [0.15, 0.2) is 11.6 Å². The van der Waals surface area contributed by atoms with Crippen molar-refractivity contribution in [3.05, 3.63) is 11.6 Å². The summed E-state index contributed by atoms with van der Waals surface area (Å²) >= 11 is 0. The molecular formula is C32H56N2O2. The Kier molecular flexibility index (Phi) is 8.67. The van der Waals surface area contributed by atoms with Gasteiger partial charge in [0, 0.05) is 5.92 Å². The van der Waals surface area contributed by atoms with Crippen molar-refractivity contribution in [2.24, 2.45) is 58.0 Å². The maximum atomic E-state index is 12.1. The number of aliphatic hydroxyl groups is 1. The molecule has 0 radical (unpaired) electrons. The number of carbonyl (C=O) groups excluding carboxylic acids is 1. The van der Waals surface area contributed by atoms with E-state index in [4.69, 9.17) is 5.73 Å². The van der Waals surface area contributed by atoms with Gasteiger partial charge in [0.1, 0.15) is 0 Å². The summed E-state index contributed by atoms with van der Waals surface area (Å²) in [4.78, 5) is 14.2. The highest BCUT2D eigenvalue weighted by Crippen LogP contribution is 2.67. The van der Waals surface area contributed by atoms with Crippen LogP contribution in [-0.4, -0.2) is 42.7 Å². The standard InChI is InChI=1S/C32H56N2O2/c1-21(25(30(33)36)16-19-34(5)6)8-7-9-22(2)27-12-13-28-26-11-10-23-20-24(35)14-17-31(23,3)29(26)15-18-32(27,28)4/h10,21-22,24-29,35H,7-9,11-20H2,1-6H3,(H2,33,36)/t21?,22-,24+,25?,26+,27-,28+,29+,31+,32-/m1/s1. The molecule has 0 saturated heterocycles. The number of fused-ring (bicyclic) bond motifs is 5. The summed E-state index contributed by atoms with van der Waals surface area (Å²) in [5.74, 6) is 4.38. The Morgan fingerprint density at radius 2 is 1.83 bits per heavy atom. The number of amides is 1. The zero-order valence-corrected chi connectivity index (χ0v) is 24.3. The van der Waals surface area contributed by atoms with E-state index in [-0.39, 0.29) is 17.9 Å². The van der Waals surface area contributed by atoms with E-state index >= 15 is 0 Å². The number of allylic oxidation sites excluding steroid dienone is 1. The average molecular weight is 501 g/mol. The van der Waals surface area contributed by atoms with Crippen LogP contribution in [0.2, 0.25) is 0 Å². The van der Waals surface area contributed by atoms with Crippen LogP contribution in [-0.2, 0) is 4.79 Å². The molecule has 4 aliphatic rings. The largest absolute Gasteiger partial charge is 0.393 e. The molecule has 10 atom stereocenters. The minimum absolute atomic E-state index is 0.00197. The zero-order valence-electron chi connectivity index (χ0n) is 24.3. The molecule has 3 saturated carbocycles. The number of primary amides is 1. The molecule has 206 valence electrons. The SMILES string of the molecule is CC(CCC[C@@H](C)[C@H]1CC[C@H]2[C@@H]3CC=C4C[C@@H](O)CC[C@]4(C)[C@H]3CC[C@]12C)C(CCN(C)C)C(N)=O. The monoisotopic (exact) mass is 500 g/mol. The number of aliphatic hydroxyl groups excluding tert-OH is 1. The Morgan fingerprint density at radius 3 is 2.53 bits per heavy atom. The third-order valence-corrected chi connectivity index (χ3v) is 12.1. The first kappa shape index (κ1) is 28.1. The number of nitrogens with zero attached hydrogens (tertiary/aromatic N) is 1. The van der Waals surface area contributed by atoms with Crippen LogP contribution in [0.1, 0.15) is 105 Å². The van der Waals surface area contributed by atoms with Crippen molar-refractivity contribution >= 4 is 5.91 Å². The van der Waals surface area contributed by atoms with Gasteiger partial charge in [-0.25, -0.2) is 0 Å². The van der Waals surface area contributed by atoms with Crippen LogP contribution >= 0.6 is 0 Å². The molecule has 0 bridgehead atoms. The molecule has 1 amide bonds. The summed E-state index contributed by atoms with van der Waals surface area (Å²) in [6.07, 6.45) is 16.9. The van der Waals surface area contributed by atoms with Gasteiger partial charge in [0.15, 0.2) is 0 Å². The minimum atomic E-state index is -0.119. The van der Waals surface area contributed by atoms with Gasteiger partial charge in [0.2, 0.25) is 5.91 Å². The summed E-state index contributed by atoms with van der Waals surface area (Å²) in [6.45, 7) is 10.9. The molecular weight excluding hydrogens is 444 g/mol. The first-order valence-electron chi connectivity index (χ1n) is 15.3. The fourth-order valence-corrected chi connectivity index (χ4v) is 9.89. The van der Waals surface area contributed by atoms with E-state index in [1.54, 1.807) is 5.57 Å². The highest BCUT2D eigenvalue weighted by Gasteiger charge is 2.59. The van der Waals surface area contributed by atoms with E-state index in [9.17, 15) is 9.90 Å². The van der Waals surface area contributed by atoms with E-state index in [1.165, 1.54) is 51.4 Å². The van der Waals surface area contributed by atoms with Gasteiger partial charge in [-0.05, 0) is 131 Å². The third kappa shape index (κ3) is 5.33. The lowest BCUT2D eigenvalue weighted by Crippen LogP contribution is -2.50. The van der Waals surface area contributed by atoms with E-state index in [0.717, 1.165) is 61.8 Å². The highest BCUT2D eigenvalue weighted by atomic mass is 16.3. The average Bonchev–Trinajstić information content (AvgIpc) is 3.16. The van der Waals surface area contributed by atoms with Gasteiger partial charge in [-0.2, -0.15) is 0 Å². The number of hydrogen-bond acceptors (Lipinski definition) is 3. The Bertz CT molecular complexity index is 808. The van der Waals surface area contributed by atoms with Gasteiger partial charge in [-0.15, -0.1) is 0 Å². The first-order chi connectivity index (χ1) is 17.0. The molecule has 0 heterocycles. The van der Waals surface area contributed by atoms with E-state index in [1.807, 2.05) is 0 Å². The molecule has 0 aromatic carbocycles. The Hall–Kier alpha value is -0.870. The maximum Gasteiger partial charge on any atom is 0.220 e. The van der Waals surface area contributed by atoms with Crippen molar-refractivity contribution in [2.75, 3.05) is 20.6 Å². The lowest BCUT2D eigenvalue weighted by atomic mass is 9.47. The second-order valence-electron chi connectivity index (χ2n) is 14.4. The summed E-state index contributed by atoms with van der Waals surface area (Å²) < 4.78 is 0. The van der Waals surface area contributed by atoms with Gasteiger partial charge in [0.05, 0.1) is 6.10 Å². The van der Waals surface area contributed by atoms with Gasteiger partial charge in [0.25, 0.3) is 0 Å². The van der Waals surface area contributed by atoms with E-state index in [0.29, 0.717) is 16.7 Å². The van der Waals surface area contributed by atoms with Gasteiger partial charge in [-0.1, -0.05) is 52.2 Å². The highest BCUT2D eigenvalue weighted by molar-refractivity contribution is 5.76. The molecule has 3 N–H and O–H groups in total. The molecule has 0 aromatic heterocycles. The summed E-state index contributed by atoms with van der Waals surface area (Å²) in [5, 5.41) is 10.3. The summed E-state index contributed by atoms with van der Waals surface area (Å²) in [5.41, 5.74) is 8.20. The second kappa shape index (κ2) is 11.1. The Balaban J connectivity index is 1.35. The lowest BCUT2D eigenvalue weighted by molar-refractivity contribution is -0.123. The maximum absolute atomic E-state index is 12.1. The van der Waals surface area contributed by atoms with Gasteiger partial charge >= 0.3 is 0 Å². The number of carbonyl (C=O) groups is 1. The molecule has 0 spiro atoms. The molecule has 3 fully saturated rings. The molecule has 36 heavy (non-hydrogen) atoms. The van der Waals surface area contributed by atoms with Crippen molar-refractivity contribution in [1.82, 2.24) is 4.90 Å². The van der Waals surface area contributed by atoms with Crippen LogP contribution in [0.4, 0.5) is 0 Å². The molecule has 4 heteroatoms. The van der Waals surface area contributed by atoms with Gasteiger partial charge in [-0.3, -0.25) is 4.79 Å². The van der Waals surface area contributed by atoms with Crippen molar-refractivity contribution in [3.8, 4) is 0 Å². The number of nitrogens with two attached hydrogens (primary N) is 1. The normalized spacial score (nSPS) is 40.6. The van der Waals surface area contributed by atoms with E-state index in [2.05, 4.69) is 52.8 Å². The number of hydrogen-bond donors (Lipinski definition) is 2. The lowest BCUT2D eigenvalue weighted by Gasteiger charge is -2.58. The summed E-state index contributed by atoms with van der Waals surface area (Å²) in [6, 6.07) is 0. The van der Waals surface area contributed by atoms with Gasteiger partial charge < -0.3 is 15.7 Å². The topological polar surface area (TPSA) is 66.6 Å². The molecule has 4 rings (SSSR count). The predicted octanol–water partition coefficient (Wildman–Crippen LogP) is 6.42. The molecule has 0 aromatic rings. The van der Waals surface area contributed by atoms with Crippen LogP contribution < -0.4 is 5.73 Å². The number of rotatable bonds is 10. The molecule has 0 aliphatic heterocycles. The van der Waals surface area contributed by atoms with Crippen molar-refractivity contribution in [3.63, 3.8) is 0 Å².